The van der Waals surface area contributed by atoms with Crippen LogP contribution >= 0.6 is 0 Å². The lowest BCUT2D eigenvalue weighted by atomic mass is 10.00. The van der Waals surface area contributed by atoms with Gasteiger partial charge in [0.1, 0.15) is 0 Å². The summed E-state index contributed by atoms with van der Waals surface area (Å²) in [6, 6.07) is 9.37. The molecule has 1 aromatic carbocycles. The molecule has 0 saturated heterocycles. The largest absolute Gasteiger partial charge is 0.310 e. The van der Waals surface area contributed by atoms with Crippen molar-refractivity contribution >= 4 is 0 Å². The predicted octanol–water partition coefficient (Wildman–Crippen LogP) is 3.48. The van der Waals surface area contributed by atoms with E-state index < -0.39 is 0 Å². The van der Waals surface area contributed by atoms with Crippen LogP contribution in [0.15, 0.2) is 24.3 Å². The average Bonchev–Trinajstić information content (AvgIpc) is 2.18. The molecule has 78 valence electrons. The Morgan fingerprint density at radius 1 is 1.00 bits per heavy atom. The van der Waals surface area contributed by atoms with Gasteiger partial charge in [0, 0.05) is 6.04 Å². The Morgan fingerprint density at radius 3 is 1.93 bits per heavy atom. The van der Waals surface area contributed by atoms with Crippen molar-refractivity contribution in [1.82, 2.24) is 5.32 Å². The SMILES string of the molecule is CCNC(C)c1ccc(C(C)C)cc1. The van der Waals surface area contributed by atoms with Crippen LogP contribution < -0.4 is 5.32 Å². The standard InChI is InChI=1S/C13H21N/c1-5-14-11(4)13-8-6-12(7-9-13)10(2)3/h6-11,14H,5H2,1-4H3. The predicted molar refractivity (Wildman–Crippen MR) is 62.6 cm³/mol. The molecule has 0 bridgehead atoms. The molecule has 14 heavy (non-hydrogen) atoms. The minimum atomic E-state index is 0.459. The van der Waals surface area contributed by atoms with Gasteiger partial charge in [0.05, 0.1) is 0 Å². The average molecular weight is 191 g/mol. The molecule has 0 aliphatic carbocycles. The molecular weight excluding hydrogens is 170 g/mol. The lowest BCUT2D eigenvalue weighted by molar-refractivity contribution is 0.598. The molecule has 1 unspecified atom stereocenters. The molecule has 0 aromatic heterocycles. The third-order valence-corrected chi connectivity index (χ3v) is 2.61. The van der Waals surface area contributed by atoms with Crippen LogP contribution in [0.3, 0.4) is 0 Å². The summed E-state index contributed by atoms with van der Waals surface area (Å²) in [7, 11) is 0. The number of rotatable bonds is 4. The van der Waals surface area contributed by atoms with Crippen LogP contribution in [0.5, 0.6) is 0 Å². The smallest absolute Gasteiger partial charge is 0.0291 e. The molecule has 0 aliphatic rings. The second-order valence-electron chi connectivity index (χ2n) is 4.10. The number of hydrogen-bond acceptors (Lipinski definition) is 1. The zero-order valence-corrected chi connectivity index (χ0v) is 9.67. The van der Waals surface area contributed by atoms with Gasteiger partial charge in [-0.1, -0.05) is 45.0 Å². The van der Waals surface area contributed by atoms with Gasteiger partial charge in [-0.25, -0.2) is 0 Å². The van der Waals surface area contributed by atoms with Gasteiger partial charge in [0.25, 0.3) is 0 Å². The Kier molecular flexibility index (Phi) is 4.15. The Morgan fingerprint density at radius 2 is 1.50 bits per heavy atom. The van der Waals surface area contributed by atoms with Crippen molar-refractivity contribution in [3.63, 3.8) is 0 Å². The highest BCUT2D eigenvalue weighted by Gasteiger charge is 2.04. The molecule has 1 heteroatoms. The first kappa shape index (κ1) is 11.3. The van der Waals surface area contributed by atoms with Gasteiger partial charge in [-0.05, 0) is 30.5 Å². The second-order valence-corrected chi connectivity index (χ2v) is 4.10. The van der Waals surface area contributed by atoms with Crippen molar-refractivity contribution in [2.24, 2.45) is 0 Å². The fraction of sp³-hybridized carbons (Fsp3) is 0.538. The highest BCUT2D eigenvalue weighted by Crippen LogP contribution is 2.18. The number of hydrogen-bond donors (Lipinski definition) is 1. The van der Waals surface area contributed by atoms with Crippen LogP contribution in [0.1, 0.15) is 50.8 Å². The second kappa shape index (κ2) is 5.16. The van der Waals surface area contributed by atoms with Gasteiger partial charge < -0.3 is 5.32 Å². The van der Waals surface area contributed by atoms with E-state index in [0.717, 1.165) is 6.54 Å². The van der Waals surface area contributed by atoms with E-state index in [1.54, 1.807) is 0 Å². The highest BCUT2D eigenvalue weighted by atomic mass is 14.9. The van der Waals surface area contributed by atoms with Crippen LogP contribution in [-0.4, -0.2) is 6.54 Å². The summed E-state index contributed by atoms with van der Waals surface area (Å²) in [5, 5.41) is 3.41. The Balaban J connectivity index is 2.72. The van der Waals surface area contributed by atoms with Crippen LogP contribution in [0.25, 0.3) is 0 Å². The maximum absolute atomic E-state index is 3.41. The maximum Gasteiger partial charge on any atom is 0.0291 e. The molecular formula is C13H21N. The molecule has 0 heterocycles. The molecule has 1 nitrogen and oxygen atoms in total. The van der Waals surface area contributed by atoms with E-state index >= 15 is 0 Å². The zero-order chi connectivity index (χ0) is 10.6. The van der Waals surface area contributed by atoms with Crippen molar-refractivity contribution in [1.29, 1.82) is 0 Å². The van der Waals surface area contributed by atoms with Gasteiger partial charge in [0.15, 0.2) is 0 Å². The molecule has 1 rings (SSSR count). The molecule has 0 aliphatic heterocycles. The molecule has 1 N–H and O–H groups in total. The van der Waals surface area contributed by atoms with E-state index in [4.69, 9.17) is 0 Å². The van der Waals surface area contributed by atoms with Crippen molar-refractivity contribution in [2.75, 3.05) is 6.54 Å². The third-order valence-electron chi connectivity index (χ3n) is 2.61. The van der Waals surface area contributed by atoms with Crippen molar-refractivity contribution in [3.05, 3.63) is 35.4 Å². The van der Waals surface area contributed by atoms with Crippen molar-refractivity contribution in [2.45, 2.75) is 39.7 Å². The molecule has 0 spiro atoms. The van der Waals surface area contributed by atoms with Crippen LogP contribution in [0.4, 0.5) is 0 Å². The van der Waals surface area contributed by atoms with E-state index in [1.165, 1.54) is 11.1 Å². The molecule has 0 amide bonds. The number of nitrogens with one attached hydrogen (secondary N) is 1. The number of benzene rings is 1. The van der Waals surface area contributed by atoms with E-state index in [0.29, 0.717) is 12.0 Å². The van der Waals surface area contributed by atoms with E-state index in [9.17, 15) is 0 Å². The summed E-state index contributed by atoms with van der Waals surface area (Å²) >= 11 is 0. The van der Waals surface area contributed by atoms with Gasteiger partial charge in [-0.15, -0.1) is 0 Å². The quantitative estimate of drug-likeness (QED) is 0.768. The van der Waals surface area contributed by atoms with Crippen molar-refractivity contribution in [3.8, 4) is 0 Å². The first-order chi connectivity index (χ1) is 6.65. The lowest BCUT2D eigenvalue weighted by Crippen LogP contribution is -2.17. The summed E-state index contributed by atoms with van der Waals surface area (Å²) in [6.45, 7) is 9.81. The lowest BCUT2D eigenvalue weighted by Gasteiger charge is -2.13. The summed E-state index contributed by atoms with van der Waals surface area (Å²) in [5.74, 6) is 0.624. The molecule has 0 fully saturated rings. The topological polar surface area (TPSA) is 12.0 Å². The van der Waals surface area contributed by atoms with Gasteiger partial charge in [0.2, 0.25) is 0 Å². The fourth-order valence-corrected chi connectivity index (χ4v) is 1.59. The monoisotopic (exact) mass is 191 g/mol. The molecule has 0 saturated carbocycles. The highest BCUT2D eigenvalue weighted by molar-refractivity contribution is 5.26. The van der Waals surface area contributed by atoms with E-state index in [1.807, 2.05) is 0 Å². The Hall–Kier alpha value is -0.820. The summed E-state index contributed by atoms with van der Waals surface area (Å²) < 4.78 is 0. The molecule has 1 atom stereocenters. The molecule has 1 aromatic rings. The first-order valence-electron chi connectivity index (χ1n) is 5.48. The summed E-state index contributed by atoms with van der Waals surface area (Å²) in [6.07, 6.45) is 0. The van der Waals surface area contributed by atoms with Crippen LogP contribution in [0.2, 0.25) is 0 Å². The van der Waals surface area contributed by atoms with Gasteiger partial charge in [-0.2, -0.15) is 0 Å². The Labute approximate surface area is 87.5 Å². The summed E-state index contributed by atoms with van der Waals surface area (Å²) in [4.78, 5) is 0. The fourth-order valence-electron chi connectivity index (χ4n) is 1.59. The molecule has 0 radical (unpaired) electrons. The summed E-state index contributed by atoms with van der Waals surface area (Å²) in [5.41, 5.74) is 2.79. The first-order valence-corrected chi connectivity index (χ1v) is 5.48. The van der Waals surface area contributed by atoms with Crippen LogP contribution in [-0.2, 0) is 0 Å². The zero-order valence-electron chi connectivity index (χ0n) is 9.67. The minimum absolute atomic E-state index is 0.459. The maximum atomic E-state index is 3.41. The van der Waals surface area contributed by atoms with Crippen molar-refractivity contribution < 1.29 is 0 Å². The Bertz CT molecular complexity index is 261. The van der Waals surface area contributed by atoms with Gasteiger partial charge >= 0.3 is 0 Å². The van der Waals surface area contributed by atoms with E-state index in [2.05, 4.69) is 57.3 Å². The third kappa shape index (κ3) is 2.85. The van der Waals surface area contributed by atoms with E-state index in [-0.39, 0.29) is 0 Å². The normalized spacial score (nSPS) is 13.2. The van der Waals surface area contributed by atoms with Crippen LogP contribution in [0, 0.1) is 0 Å². The minimum Gasteiger partial charge on any atom is -0.310 e. The van der Waals surface area contributed by atoms with Gasteiger partial charge in [-0.3, -0.25) is 0 Å².